The highest BCUT2D eigenvalue weighted by Gasteiger charge is 2.47. The first-order valence-corrected chi connectivity index (χ1v) is 12.1. The molecule has 0 spiro atoms. The molecule has 1 saturated heterocycles. The number of halogens is 3. The molecule has 0 aliphatic carbocycles. The van der Waals surface area contributed by atoms with Crippen molar-refractivity contribution in [3.8, 4) is 17.2 Å². The van der Waals surface area contributed by atoms with Gasteiger partial charge in [0.1, 0.15) is 23.0 Å². The minimum atomic E-state index is -4.97. The fourth-order valence-corrected chi connectivity index (χ4v) is 4.49. The highest BCUT2D eigenvalue weighted by atomic mass is 19.4. The minimum Gasteiger partial charge on any atom is -0.508 e. The quantitative estimate of drug-likeness (QED) is 0.203. The number of aliphatic hydroxyl groups is 1. The number of Topliss-reactive ketones (excluding diaryl/α,β-unsaturated/α-hetero) is 1. The van der Waals surface area contributed by atoms with E-state index in [4.69, 9.17) is 4.74 Å². The molecule has 4 rings (SSSR count). The molecule has 7 nitrogen and oxygen atoms in total. The molecule has 1 aliphatic rings. The van der Waals surface area contributed by atoms with Crippen LogP contribution in [0.3, 0.4) is 0 Å². The number of anilines is 1. The molecule has 3 aromatic rings. The van der Waals surface area contributed by atoms with Gasteiger partial charge in [0.05, 0.1) is 18.2 Å². The second-order valence-corrected chi connectivity index (χ2v) is 9.15. The van der Waals surface area contributed by atoms with Gasteiger partial charge in [0, 0.05) is 17.3 Å². The molecular weight excluding hydrogens is 515 g/mol. The fourth-order valence-electron chi connectivity index (χ4n) is 4.49. The number of aliphatic hydroxyl groups excluding tert-OH is 1. The van der Waals surface area contributed by atoms with Gasteiger partial charge in [-0.2, -0.15) is 0 Å². The number of phenolic OH excluding ortho intramolecular Hbond substituents is 1. The lowest BCUT2D eigenvalue weighted by atomic mass is 9.93. The lowest BCUT2D eigenvalue weighted by Gasteiger charge is -2.26. The monoisotopic (exact) mass is 541 g/mol. The Morgan fingerprint density at radius 3 is 2.33 bits per heavy atom. The van der Waals surface area contributed by atoms with Crippen LogP contribution in [0, 0.1) is 0 Å². The summed E-state index contributed by atoms with van der Waals surface area (Å²) in [7, 11) is 0. The maximum Gasteiger partial charge on any atom is 0.573 e. The van der Waals surface area contributed by atoms with Crippen LogP contribution in [0.2, 0.25) is 0 Å². The average Bonchev–Trinajstić information content (AvgIpc) is 3.13. The van der Waals surface area contributed by atoms with E-state index in [1.54, 1.807) is 18.2 Å². The highest BCUT2D eigenvalue weighted by Crippen LogP contribution is 2.44. The lowest BCUT2D eigenvalue weighted by molar-refractivity contribution is -0.274. The molecule has 39 heavy (non-hydrogen) atoms. The van der Waals surface area contributed by atoms with Gasteiger partial charge in [-0.25, -0.2) is 0 Å². The number of ketones is 1. The van der Waals surface area contributed by atoms with Crippen molar-refractivity contribution in [3.05, 3.63) is 89.0 Å². The second kappa shape index (κ2) is 10.7. The molecule has 1 fully saturated rings. The van der Waals surface area contributed by atoms with Crippen molar-refractivity contribution < 1.29 is 42.4 Å². The number of ether oxygens (including phenoxy) is 2. The van der Waals surface area contributed by atoms with Crippen LogP contribution in [0.4, 0.5) is 18.9 Å². The molecule has 10 heteroatoms. The molecule has 3 aromatic carbocycles. The molecule has 0 saturated carbocycles. The fraction of sp³-hybridized carbons (Fsp3) is 0.241. The van der Waals surface area contributed by atoms with Crippen molar-refractivity contribution in [2.24, 2.45) is 0 Å². The van der Waals surface area contributed by atoms with Gasteiger partial charge in [-0.05, 0) is 66.4 Å². The van der Waals surface area contributed by atoms with Crippen LogP contribution < -0.4 is 14.4 Å². The predicted octanol–water partition coefficient (Wildman–Crippen LogP) is 6.44. The SMILES string of the molecule is CCOc1ccc(/C(O)=C2/C(=O)C(=O)N(c3cccc(OC(F)(F)F)c3)C2c2ccc(O)cc2)cc1C(C)C. The van der Waals surface area contributed by atoms with Crippen LogP contribution >= 0.6 is 0 Å². The number of phenols is 1. The summed E-state index contributed by atoms with van der Waals surface area (Å²) in [6.07, 6.45) is -4.97. The Balaban J connectivity index is 1.90. The number of rotatable bonds is 7. The first kappa shape index (κ1) is 27.6. The molecule has 1 unspecified atom stereocenters. The number of nitrogens with zero attached hydrogens (tertiary/aromatic N) is 1. The molecular formula is C29H26F3NO6. The number of amides is 1. The first-order valence-electron chi connectivity index (χ1n) is 12.1. The van der Waals surface area contributed by atoms with Crippen LogP contribution in [-0.4, -0.2) is 34.9 Å². The number of alkyl halides is 3. The van der Waals surface area contributed by atoms with Gasteiger partial charge in [-0.15, -0.1) is 13.2 Å². The number of benzene rings is 3. The molecule has 1 aliphatic heterocycles. The number of hydrogen-bond donors (Lipinski definition) is 2. The number of carbonyl (C=O) groups excluding carboxylic acids is 2. The van der Waals surface area contributed by atoms with Crippen LogP contribution in [-0.2, 0) is 9.59 Å². The highest BCUT2D eigenvalue weighted by molar-refractivity contribution is 6.51. The zero-order valence-corrected chi connectivity index (χ0v) is 21.3. The van der Waals surface area contributed by atoms with Crippen molar-refractivity contribution in [2.75, 3.05) is 11.5 Å². The summed E-state index contributed by atoms with van der Waals surface area (Å²) in [5.74, 6) is -2.57. The normalized spacial score (nSPS) is 17.1. The zero-order valence-electron chi connectivity index (χ0n) is 21.3. The van der Waals surface area contributed by atoms with E-state index in [1.807, 2.05) is 20.8 Å². The largest absolute Gasteiger partial charge is 0.573 e. The minimum absolute atomic E-state index is 0.00554. The third-order valence-corrected chi connectivity index (χ3v) is 6.19. The molecule has 204 valence electrons. The Morgan fingerprint density at radius 1 is 1.03 bits per heavy atom. The van der Waals surface area contributed by atoms with Crippen molar-refractivity contribution in [3.63, 3.8) is 0 Å². The van der Waals surface area contributed by atoms with Gasteiger partial charge >= 0.3 is 6.36 Å². The van der Waals surface area contributed by atoms with Crippen molar-refractivity contribution in [1.29, 1.82) is 0 Å². The molecule has 1 amide bonds. The summed E-state index contributed by atoms with van der Waals surface area (Å²) in [4.78, 5) is 27.7. The third-order valence-electron chi connectivity index (χ3n) is 6.19. The Morgan fingerprint density at radius 2 is 1.72 bits per heavy atom. The Hall–Kier alpha value is -4.47. The predicted molar refractivity (Wildman–Crippen MR) is 138 cm³/mol. The lowest BCUT2D eigenvalue weighted by Crippen LogP contribution is -2.29. The van der Waals surface area contributed by atoms with Gasteiger partial charge in [-0.3, -0.25) is 14.5 Å². The van der Waals surface area contributed by atoms with E-state index in [2.05, 4.69) is 4.74 Å². The van der Waals surface area contributed by atoms with Crippen molar-refractivity contribution >= 4 is 23.1 Å². The smallest absolute Gasteiger partial charge is 0.508 e. The van der Waals surface area contributed by atoms with E-state index < -0.39 is 35.6 Å². The van der Waals surface area contributed by atoms with Crippen molar-refractivity contribution in [2.45, 2.75) is 39.1 Å². The van der Waals surface area contributed by atoms with Crippen LogP contribution in [0.25, 0.3) is 5.76 Å². The molecule has 2 N–H and O–H groups in total. The standard InChI is InChI=1S/C29H26F3NO6/c1-4-38-23-13-10-18(14-22(23)16(2)3)26(35)24-25(17-8-11-20(34)12-9-17)33(28(37)27(24)36)19-6-5-7-21(15-19)39-29(30,31)32/h5-16,25,34-35H,4H2,1-3H3/b26-24-. The molecule has 0 aromatic heterocycles. The first-order chi connectivity index (χ1) is 18.4. The van der Waals surface area contributed by atoms with E-state index in [9.17, 15) is 33.0 Å². The number of carbonyl (C=O) groups is 2. The molecule has 0 bridgehead atoms. The summed E-state index contributed by atoms with van der Waals surface area (Å²) < 4.78 is 48.3. The van der Waals surface area contributed by atoms with E-state index in [1.165, 1.54) is 36.4 Å². The topological polar surface area (TPSA) is 96.3 Å². The Bertz CT molecular complexity index is 1430. The number of aromatic hydroxyl groups is 1. The summed E-state index contributed by atoms with van der Waals surface area (Å²) in [6, 6.07) is 13.9. The molecule has 1 atom stereocenters. The van der Waals surface area contributed by atoms with Gasteiger partial charge in [0.15, 0.2) is 0 Å². The van der Waals surface area contributed by atoms with Crippen LogP contribution in [0.5, 0.6) is 17.2 Å². The van der Waals surface area contributed by atoms with Crippen LogP contribution in [0.1, 0.15) is 49.4 Å². The van der Waals surface area contributed by atoms with Crippen molar-refractivity contribution in [1.82, 2.24) is 0 Å². The number of hydrogen-bond acceptors (Lipinski definition) is 6. The zero-order chi connectivity index (χ0) is 28.5. The Kier molecular flexibility index (Phi) is 7.58. The maximum atomic E-state index is 13.4. The summed E-state index contributed by atoms with van der Waals surface area (Å²) in [6.45, 7) is 6.14. The average molecular weight is 542 g/mol. The van der Waals surface area contributed by atoms with Gasteiger partial charge < -0.3 is 19.7 Å². The second-order valence-electron chi connectivity index (χ2n) is 9.15. The van der Waals surface area contributed by atoms with Crippen LogP contribution in [0.15, 0.2) is 72.3 Å². The van der Waals surface area contributed by atoms with Gasteiger partial charge in [0.25, 0.3) is 11.7 Å². The van der Waals surface area contributed by atoms with E-state index in [0.717, 1.165) is 22.6 Å². The third kappa shape index (κ3) is 5.69. The molecule has 0 radical (unpaired) electrons. The van der Waals surface area contributed by atoms with Gasteiger partial charge in [-0.1, -0.05) is 32.0 Å². The van der Waals surface area contributed by atoms with E-state index >= 15 is 0 Å². The summed E-state index contributed by atoms with van der Waals surface area (Å²) in [5.41, 5.74) is 1.06. The van der Waals surface area contributed by atoms with E-state index in [0.29, 0.717) is 17.9 Å². The Labute approximate surface area is 222 Å². The summed E-state index contributed by atoms with van der Waals surface area (Å²) >= 11 is 0. The summed E-state index contributed by atoms with van der Waals surface area (Å²) in [5, 5.41) is 21.2. The van der Waals surface area contributed by atoms with Gasteiger partial charge in [0.2, 0.25) is 0 Å². The maximum absolute atomic E-state index is 13.4. The van der Waals surface area contributed by atoms with E-state index in [-0.39, 0.29) is 28.5 Å². The molecule has 1 heterocycles.